The van der Waals surface area contributed by atoms with Gasteiger partial charge in [0.25, 0.3) is 0 Å². The van der Waals surface area contributed by atoms with Crippen molar-refractivity contribution >= 4 is 29.1 Å². The fourth-order valence-electron chi connectivity index (χ4n) is 1.84. The highest BCUT2D eigenvalue weighted by Gasteiger charge is 2.11. The van der Waals surface area contributed by atoms with Gasteiger partial charge in [0.1, 0.15) is 0 Å². The number of halogens is 1. The van der Waals surface area contributed by atoms with Crippen molar-refractivity contribution in [3.05, 3.63) is 28.8 Å². The fourth-order valence-corrected chi connectivity index (χ4v) is 2.07. The topological polar surface area (TPSA) is 58.6 Å². The van der Waals surface area contributed by atoms with Crippen molar-refractivity contribution in [1.82, 2.24) is 4.90 Å². The molecule has 1 aromatic rings. The molecule has 0 spiro atoms. The van der Waals surface area contributed by atoms with Gasteiger partial charge in [0, 0.05) is 44.3 Å². The lowest BCUT2D eigenvalue weighted by Crippen LogP contribution is -2.34. The van der Waals surface area contributed by atoms with Gasteiger partial charge in [0.2, 0.25) is 11.8 Å². The monoisotopic (exact) mass is 312 g/mol. The van der Waals surface area contributed by atoms with Gasteiger partial charge in [-0.25, -0.2) is 0 Å². The molecule has 0 bridgehead atoms. The van der Waals surface area contributed by atoms with Crippen molar-refractivity contribution in [2.24, 2.45) is 0 Å². The van der Waals surface area contributed by atoms with E-state index in [1.165, 1.54) is 6.92 Å². The highest BCUT2D eigenvalue weighted by atomic mass is 35.5. The molecule has 0 heterocycles. The molecule has 5 nitrogen and oxygen atoms in total. The van der Waals surface area contributed by atoms with Gasteiger partial charge < -0.3 is 15.0 Å². The van der Waals surface area contributed by atoms with Crippen molar-refractivity contribution in [3.8, 4) is 0 Å². The van der Waals surface area contributed by atoms with E-state index in [1.54, 1.807) is 30.2 Å². The van der Waals surface area contributed by atoms with Crippen LogP contribution in [0.15, 0.2) is 18.2 Å². The lowest BCUT2D eigenvalue weighted by molar-refractivity contribution is -0.130. The summed E-state index contributed by atoms with van der Waals surface area (Å²) in [5.74, 6) is -0.202. The summed E-state index contributed by atoms with van der Waals surface area (Å²) in [4.78, 5) is 25.0. The molecule has 0 aromatic heterocycles. The van der Waals surface area contributed by atoms with Gasteiger partial charge in [0.15, 0.2) is 0 Å². The molecule has 1 aromatic carbocycles. The number of ether oxygens (including phenoxy) is 1. The zero-order valence-electron chi connectivity index (χ0n) is 12.6. The van der Waals surface area contributed by atoms with Crippen LogP contribution in [0.4, 0.5) is 5.69 Å². The van der Waals surface area contributed by atoms with Gasteiger partial charge in [-0.2, -0.15) is 0 Å². The molecule has 0 radical (unpaired) electrons. The van der Waals surface area contributed by atoms with E-state index in [2.05, 4.69) is 5.32 Å². The maximum Gasteiger partial charge on any atom is 0.226 e. The van der Waals surface area contributed by atoms with Gasteiger partial charge in [-0.1, -0.05) is 11.6 Å². The van der Waals surface area contributed by atoms with Crippen LogP contribution in [0.25, 0.3) is 0 Å². The lowest BCUT2D eigenvalue weighted by atomic mass is 10.2. The number of nitrogens with zero attached hydrogens (tertiary/aromatic N) is 1. The Bertz CT molecular complexity index is 506. The Morgan fingerprint density at radius 3 is 2.62 bits per heavy atom. The van der Waals surface area contributed by atoms with Crippen LogP contribution < -0.4 is 5.32 Å². The summed E-state index contributed by atoms with van der Waals surface area (Å²) < 4.78 is 4.94. The summed E-state index contributed by atoms with van der Waals surface area (Å²) >= 11 is 5.87. The molecule has 0 saturated heterocycles. The smallest absolute Gasteiger partial charge is 0.226 e. The lowest BCUT2D eigenvalue weighted by Gasteiger charge is -2.20. The predicted molar refractivity (Wildman–Crippen MR) is 83.6 cm³/mol. The van der Waals surface area contributed by atoms with Crippen LogP contribution in [-0.4, -0.2) is 43.5 Å². The number of anilines is 1. The molecule has 0 aliphatic carbocycles. The maximum absolute atomic E-state index is 11.9. The molecule has 1 rings (SSSR count). The van der Waals surface area contributed by atoms with E-state index in [4.69, 9.17) is 16.3 Å². The van der Waals surface area contributed by atoms with Gasteiger partial charge in [-0.05, 0) is 30.7 Å². The summed E-state index contributed by atoms with van der Waals surface area (Å²) in [5, 5.41) is 3.45. The van der Waals surface area contributed by atoms with E-state index in [1.807, 2.05) is 6.92 Å². The number of methoxy groups -OCH3 is 1. The quantitative estimate of drug-likeness (QED) is 0.841. The predicted octanol–water partition coefficient (Wildman–Crippen LogP) is 2.47. The Balaban J connectivity index is 2.50. The number of rotatable bonds is 7. The van der Waals surface area contributed by atoms with E-state index >= 15 is 0 Å². The van der Waals surface area contributed by atoms with Gasteiger partial charge in [-0.15, -0.1) is 0 Å². The molecule has 0 unspecified atom stereocenters. The van der Waals surface area contributed by atoms with Crippen molar-refractivity contribution in [2.45, 2.75) is 20.3 Å². The highest BCUT2D eigenvalue weighted by molar-refractivity contribution is 6.30. The largest absolute Gasteiger partial charge is 0.383 e. The summed E-state index contributed by atoms with van der Waals surface area (Å²) in [6.07, 6.45) is 0.241. The van der Waals surface area contributed by atoms with Crippen LogP contribution in [0.1, 0.15) is 18.9 Å². The average Bonchev–Trinajstić information content (AvgIpc) is 2.41. The second-order valence-corrected chi connectivity index (χ2v) is 5.19. The van der Waals surface area contributed by atoms with Crippen LogP contribution in [0.3, 0.4) is 0 Å². The number of benzene rings is 1. The van der Waals surface area contributed by atoms with Gasteiger partial charge in [0.05, 0.1) is 6.61 Å². The average molecular weight is 313 g/mol. The minimum Gasteiger partial charge on any atom is -0.383 e. The first-order valence-corrected chi connectivity index (χ1v) is 7.12. The summed E-state index contributed by atoms with van der Waals surface area (Å²) in [6, 6.07) is 5.28. The van der Waals surface area contributed by atoms with Crippen LogP contribution in [0, 0.1) is 6.92 Å². The number of hydrogen-bond acceptors (Lipinski definition) is 3. The molecular formula is C15H21ClN2O3. The molecule has 0 saturated carbocycles. The van der Waals surface area contributed by atoms with E-state index in [9.17, 15) is 9.59 Å². The first-order chi connectivity index (χ1) is 9.93. The second-order valence-electron chi connectivity index (χ2n) is 4.76. The number of nitrogens with one attached hydrogen (secondary N) is 1. The molecular weight excluding hydrogens is 292 g/mol. The van der Waals surface area contributed by atoms with E-state index in [0.29, 0.717) is 24.7 Å². The van der Waals surface area contributed by atoms with Crippen molar-refractivity contribution in [2.75, 3.05) is 32.1 Å². The third-order valence-electron chi connectivity index (χ3n) is 3.08. The summed E-state index contributed by atoms with van der Waals surface area (Å²) in [6.45, 7) is 4.67. The third kappa shape index (κ3) is 6.14. The minimum absolute atomic E-state index is 0.0671. The van der Waals surface area contributed by atoms with Crippen LogP contribution in [0.2, 0.25) is 5.02 Å². The van der Waals surface area contributed by atoms with E-state index < -0.39 is 0 Å². The highest BCUT2D eigenvalue weighted by Crippen LogP contribution is 2.19. The summed E-state index contributed by atoms with van der Waals surface area (Å²) in [7, 11) is 1.58. The van der Waals surface area contributed by atoms with Crippen molar-refractivity contribution in [3.63, 3.8) is 0 Å². The third-order valence-corrected chi connectivity index (χ3v) is 3.32. The van der Waals surface area contributed by atoms with Crippen LogP contribution in [0.5, 0.6) is 0 Å². The van der Waals surface area contributed by atoms with E-state index in [0.717, 1.165) is 11.3 Å². The van der Waals surface area contributed by atoms with E-state index in [-0.39, 0.29) is 18.2 Å². The fraction of sp³-hybridized carbons (Fsp3) is 0.467. The molecule has 116 valence electrons. The van der Waals surface area contributed by atoms with Crippen LogP contribution in [-0.2, 0) is 14.3 Å². The minimum atomic E-state index is -0.135. The molecule has 0 aliphatic rings. The second kappa shape index (κ2) is 8.64. The molecule has 1 N–H and O–H groups in total. The number of carbonyl (C=O) groups excluding carboxylic acids is 2. The molecule has 2 amide bonds. The number of aryl methyl sites for hydroxylation is 1. The first kappa shape index (κ1) is 17.5. The SMILES string of the molecule is COCCN(CCC(=O)Nc1ccc(Cl)cc1C)C(C)=O. The number of carbonyl (C=O) groups is 2. The van der Waals surface area contributed by atoms with Gasteiger partial charge in [-0.3, -0.25) is 9.59 Å². The standard InChI is InChI=1S/C15H21ClN2O3/c1-11-10-13(16)4-5-14(11)17-15(20)6-7-18(12(2)19)8-9-21-3/h4-5,10H,6-9H2,1-3H3,(H,17,20). The zero-order valence-corrected chi connectivity index (χ0v) is 13.4. The van der Waals surface area contributed by atoms with Crippen molar-refractivity contribution < 1.29 is 14.3 Å². The molecule has 21 heavy (non-hydrogen) atoms. The first-order valence-electron chi connectivity index (χ1n) is 6.74. The molecule has 0 aliphatic heterocycles. The molecule has 6 heteroatoms. The Labute approximate surface area is 130 Å². The van der Waals surface area contributed by atoms with Crippen LogP contribution >= 0.6 is 11.6 Å². The molecule has 0 atom stereocenters. The maximum atomic E-state index is 11.9. The van der Waals surface area contributed by atoms with Crippen molar-refractivity contribution in [1.29, 1.82) is 0 Å². The number of hydrogen-bond donors (Lipinski definition) is 1. The summed E-state index contributed by atoms with van der Waals surface area (Å²) in [5.41, 5.74) is 1.63. The Kier molecular flexibility index (Phi) is 7.19. The van der Waals surface area contributed by atoms with Gasteiger partial charge >= 0.3 is 0 Å². The number of amides is 2. The molecule has 0 fully saturated rings. The Morgan fingerprint density at radius 2 is 2.05 bits per heavy atom. The Morgan fingerprint density at radius 1 is 1.33 bits per heavy atom. The normalized spacial score (nSPS) is 10.3. The zero-order chi connectivity index (χ0) is 15.8. The Hall–Kier alpha value is -1.59.